The second kappa shape index (κ2) is 5.84. The van der Waals surface area contributed by atoms with Crippen molar-refractivity contribution in [3.8, 4) is 0 Å². The lowest BCUT2D eigenvalue weighted by atomic mass is 9.88. The zero-order valence-electron chi connectivity index (χ0n) is 12.2. The Morgan fingerprint density at radius 2 is 1.90 bits per heavy atom. The van der Waals surface area contributed by atoms with Gasteiger partial charge in [0.2, 0.25) is 0 Å². The summed E-state index contributed by atoms with van der Waals surface area (Å²) in [7, 11) is 0. The van der Waals surface area contributed by atoms with Crippen molar-refractivity contribution in [2.24, 2.45) is 11.7 Å². The molecule has 3 unspecified atom stereocenters. The number of hydrogen-bond donors (Lipinski definition) is 2. The third-order valence-electron chi connectivity index (χ3n) is 5.22. The van der Waals surface area contributed by atoms with Crippen molar-refractivity contribution in [3.63, 3.8) is 0 Å². The normalized spacial score (nSPS) is 29.9. The van der Waals surface area contributed by atoms with Crippen LogP contribution in [0.25, 0.3) is 0 Å². The first-order valence-electron chi connectivity index (χ1n) is 7.95. The smallest absolute Gasteiger partial charge is 0.114 e. The highest BCUT2D eigenvalue weighted by atomic mass is 16.3. The molecule has 0 bridgehead atoms. The first-order valence-corrected chi connectivity index (χ1v) is 7.95. The number of benzene rings is 1. The average molecular weight is 274 g/mol. The third-order valence-corrected chi connectivity index (χ3v) is 5.22. The highest BCUT2D eigenvalue weighted by Gasteiger charge is 2.39. The van der Waals surface area contributed by atoms with Gasteiger partial charge in [-0.2, -0.15) is 0 Å². The van der Waals surface area contributed by atoms with E-state index in [4.69, 9.17) is 5.73 Å². The van der Waals surface area contributed by atoms with E-state index in [0.717, 1.165) is 18.0 Å². The Kier molecular flexibility index (Phi) is 4.11. The SMILES string of the molecule is NCC(O)(CN1CCCC2CCCC21)c1ccccc1. The number of fused-ring (bicyclic) bond motifs is 1. The summed E-state index contributed by atoms with van der Waals surface area (Å²) in [4.78, 5) is 2.50. The molecule has 1 saturated heterocycles. The van der Waals surface area contributed by atoms with Gasteiger partial charge in [0.1, 0.15) is 5.60 Å². The number of rotatable bonds is 4. The summed E-state index contributed by atoms with van der Waals surface area (Å²) in [5, 5.41) is 11.0. The van der Waals surface area contributed by atoms with Gasteiger partial charge < -0.3 is 10.8 Å². The van der Waals surface area contributed by atoms with Gasteiger partial charge >= 0.3 is 0 Å². The largest absolute Gasteiger partial charge is 0.382 e. The highest BCUT2D eigenvalue weighted by Crippen LogP contribution is 2.38. The number of hydrogen-bond acceptors (Lipinski definition) is 3. The van der Waals surface area contributed by atoms with Crippen LogP contribution >= 0.6 is 0 Å². The molecule has 1 aromatic rings. The van der Waals surface area contributed by atoms with Crippen LogP contribution in [0.5, 0.6) is 0 Å². The monoisotopic (exact) mass is 274 g/mol. The van der Waals surface area contributed by atoms with Crippen molar-refractivity contribution in [1.82, 2.24) is 4.90 Å². The van der Waals surface area contributed by atoms with E-state index < -0.39 is 5.60 Å². The molecule has 20 heavy (non-hydrogen) atoms. The molecule has 3 heteroatoms. The molecule has 3 nitrogen and oxygen atoms in total. The molecule has 1 aliphatic carbocycles. The van der Waals surface area contributed by atoms with Gasteiger partial charge in [-0.15, -0.1) is 0 Å². The van der Waals surface area contributed by atoms with Crippen LogP contribution in [0, 0.1) is 5.92 Å². The fraction of sp³-hybridized carbons (Fsp3) is 0.647. The third kappa shape index (κ3) is 2.62. The van der Waals surface area contributed by atoms with Crippen molar-refractivity contribution < 1.29 is 5.11 Å². The Hall–Kier alpha value is -0.900. The van der Waals surface area contributed by atoms with Crippen molar-refractivity contribution in [3.05, 3.63) is 35.9 Å². The Morgan fingerprint density at radius 3 is 2.65 bits per heavy atom. The fourth-order valence-corrected chi connectivity index (χ4v) is 4.11. The molecule has 1 aromatic carbocycles. The predicted octanol–water partition coefficient (Wildman–Crippen LogP) is 2.10. The van der Waals surface area contributed by atoms with Crippen molar-refractivity contribution in [2.45, 2.75) is 43.7 Å². The fourth-order valence-electron chi connectivity index (χ4n) is 4.11. The van der Waals surface area contributed by atoms with Gasteiger partial charge in [0, 0.05) is 19.1 Å². The summed E-state index contributed by atoms with van der Waals surface area (Å²) >= 11 is 0. The summed E-state index contributed by atoms with van der Waals surface area (Å²) in [6.45, 7) is 2.07. The molecule has 3 N–H and O–H groups in total. The molecule has 1 heterocycles. The molecule has 0 amide bonds. The van der Waals surface area contributed by atoms with E-state index in [1.165, 1.54) is 32.1 Å². The van der Waals surface area contributed by atoms with Crippen LogP contribution in [0.3, 0.4) is 0 Å². The van der Waals surface area contributed by atoms with E-state index in [1.54, 1.807) is 0 Å². The van der Waals surface area contributed by atoms with Gasteiger partial charge in [-0.25, -0.2) is 0 Å². The van der Waals surface area contributed by atoms with Crippen molar-refractivity contribution in [1.29, 1.82) is 0 Å². The zero-order valence-corrected chi connectivity index (χ0v) is 12.2. The minimum atomic E-state index is -0.911. The Bertz CT molecular complexity index is 436. The van der Waals surface area contributed by atoms with Crippen LogP contribution in [-0.2, 0) is 5.60 Å². The lowest BCUT2D eigenvalue weighted by Crippen LogP contribution is -2.52. The Balaban J connectivity index is 1.77. The number of piperidine rings is 1. The molecule has 2 fully saturated rings. The first kappa shape index (κ1) is 14.1. The van der Waals surface area contributed by atoms with Crippen LogP contribution in [0.4, 0.5) is 0 Å². The minimum Gasteiger partial charge on any atom is -0.382 e. The van der Waals surface area contributed by atoms with Crippen LogP contribution in [-0.4, -0.2) is 35.7 Å². The molecule has 3 atom stereocenters. The Morgan fingerprint density at radius 1 is 1.15 bits per heavy atom. The molecule has 0 aromatic heterocycles. The van der Waals surface area contributed by atoms with Crippen LogP contribution in [0.15, 0.2) is 30.3 Å². The van der Waals surface area contributed by atoms with E-state index in [-0.39, 0.29) is 6.54 Å². The summed E-state index contributed by atoms with van der Waals surface area (Å²) < 4.78 is 0. The van der Waals surface area contributed by atoms with Crippen molar-refractivity contribution in [2.75, 3.05) is 19.6 Å². The second-order valence-corrected chi connectivity index (χ2v) is 6.47. The maximum Gasteiger partial charge on any atom is 0.114 e. The molecule has 3 rings (SSSR count). The van der Waals surface area contributed by atoms with E-state index in [1.807, 2.05) is 30.3 Å². The standard InChI is InChI=1S/C17H26N2O/c18-12-17(20,15-8-2-1-3-9-15)13-19-11-5-7-14-6-4-10-16(14)19/h1-3,8-9,14,16,20H,4-7,10-13,18H2. The highest BCUT2D eigenvalue weighted by molar-refractivity contribution is 5.23. The molecule has 2 aliphatic rings. The number of nitrogens with zero attached hydrogens (tertiary/aromatic N) is 1. The van der Waals surface area contributed by atoms with E-state index in [0.29, 0.717) is 12.6 Å². The molecular formula is C17H26N2O. The van der Waals surface area contributed by atoms with Crippen LogP contribution in [0.1, 0.15) is 37.7 Å². The maximum absolute atomic E-state index is 11.0. The second-order valence-electron chi connectivity index (χ2n) is 6.47. The predicted molar refractivity (Wildman–Crippen MR) is 81.3 cm³/mol. The van der Waals surface area contributed by atoms with E-state index in [2.05, 4.69) is 4.90 Å². The average Bonchev–Trinajstić information content (AvgIpc) is 2.98. The summed E-state index contributed by atoms with van der Waals surface area (Å²) in [5.41, 5.74) is 5.95. The number of β-amino-alcohol motifs (C(OH)–C–C–N with tert-alkyl or cyclic N) is 1. The molecule has 110 valence electrons. The topological polar surface area (TPSA) is 49.5 Å². The lowest BCUT2D eigenvalue weighted by Gasteiger charge is -2.42. The van der Waals surface area contributed by atoms with Gasteiger partial charge in [0.25, 0.3) is 0 Å². The first-order chi connectivity index (χ1) is 9.73. The molecule has 1 saturated carbocycles. The summed E-state index contributed by atoms with van der Waals surface area (Å²) in [6, 6.07) is 10.6. The number of aliphatic hydroxyl groups is 1. The molecule has 1 aliphatic heterocycles. The van der Waals surface area contributed by atoms with E-state index >= 15 is 0 Å². The molecular weight excluding hydrogens is 248 g/mol. The van der Waals surface area contributed by atoms with Gasteiger partial charge in [0.05, 0.1) is 0 Å². The molecule has 0 radical (unpaired) electrons. The van der Waals surface area contributed by atoms with Gasteiger partial charge in [-0.05, 0) is 43.7 Å². The zero-order chi connectivity index (χ0) is 14.0. The van der Waals surface area contributed by atoms with Crippen LogP contribution < -0.4 is 5.73 Å². The summed E-state index contributed by atoms with van der Waals surface area (Å²) in [6.07, 6.45) is 6.63. The number of likely N-dealkylation sites (tertiary alicyclic amines) is 1. The quantitative estimate of drug-likeness (QED) is 0.884. The lowest BCUT2D eigenvalue weighted by molar-refractivity contribution is -0.0219. The maximum atomic E-state index is 11.0. The van der Waals surface area contributed by atoms with Gasteiger partial charge in [0.15, 0.2) is 0 Å². The molecule has 0 spiro atoms. The van der Waals surface area contributed by atoms with Gasteiger partial charge in [-0.3, -0.25) is 4.90 Å². The number of nitrogens with two attached hydrogens (primary N) is 1. The van der Waals surface area contributed by atoms with E-state index in [9.17, 15) is 5.11 Å². The summed E-state index contributed by atoms with van der Waals surface area (Å²) in [5.74, 6) is 0.849. The minimum absolute atomic E-state index is 0.283. The Labute approximate surface area is 121 Å². The van der Waals surface area contributed by atoms with Crippen LogP contribution in [0.2, 0.25) is 0 Å². The van der Waals surface area contributed by atoms with Gasteiger partial charge in [-0.1, -0.05) is 36.8 Å². The van der Waals surface area contributed by atoms with Crippen molar-refractivity contribution >= 4 is 0 Å².